The van der Waals surface area contributed by atoms with E-state index in [1.165, 1.54) is 0 Å². The largest absolute Gasteiger partial charge is 0.349 e. The first kappa shape index (κ1) is 12.7. The molecule has 1 aromatic carbocycles. The van der Waals surface area contributed by atoms with E-state index in [1.807, 2.05) is 29.8 Å². The Kier molecular flexibility index (Phi) is 3.84. The summed E-state index contributed by atoms with van der Waals surface area (Å²) in [7, 11) is 0. The molecule has 5 heteroatoms. The molecule has 1 amide bonds. The third kappa shape index (κ3) is 3.58. The Morgan fingerprint density at radius 3 is 2.79 bits per heavy atom. The molecule has 2 aromatic rings. The van der Waals surface area contributed by atoms with Gasteiger partial charge in [0.05, 0.1) is 11.2 Å². The van der Waals surface area contributed by atoms with Crippen molar-refractivity contribution >= 4 is 29.0 Å². The molecule has 0 saturated heterocycles. The normalized spacial score (nSPS) is 14.3. The van der Waals surface area contributed by atoms with E-state index in [4.69, 9.17) is 0 Å². The van der Waals surface area contributed by atoms with Crippen LogP contribution in [0.25, 0.3) is 0 Å². The smallest absolute Gasteiger partial charge is 0.251 e. The number of nitrogens with one attached hydrogen (secondary N) is 1. The highest BCUT2D eigenvalue weighted by atomic mass is 32.2. The van der Waals surface area contributed by atoms with Gasteiger partial charge in [0.25, 0.3) is 5.91 Å². The third-order valence-corrected chi connectivity index (χ3v) is 4.58. The molecule has 3 rings (SSSR count). The highest BCUT2D eigenvalue weighted by Gasteiger charge is 2.23. The van der Waals surface area contributed by atoms with Gasteiger partial charge in [-0.05, 0) is 37.1 Å². The summed E-state index contributed by atoms with van der Waals surface area (Å²) in [6.45, 7) is 0. The van der Waals surface area contributed by atoms with Crippen LogP contribution >= 0.6 is 23.1 Å². The van der Waals surface area contributed by atoms with Gasteiger partial charge >= 0.3 is 0 Å². The van der Waals surface area contributed by atoms with Gasteiger partial charge in [-0.25, -0.2) is 4.98 Å². The maximum Gasteiger partial charge on any atom is 0.251 e. The van der Waals surface area contributed by atoms with Crippen LogP contribution in [0.4, 0.5) is 0 Å². The van der Waals surface area contributed by atoms with Crippen LogP contribution in [0.2, 0.25) is 0 Å². The van der Waals surface area contributed by atoms with Crippen LogP contribution in [0.5, 0.6) is 0 Å². The molecule has 0 radical (unpaired) electrons. The molecular weight excluding hydrogens is 276 g/mol. The molecule has 0 aliphatic heterocycles. The van der Waals surface area contributed by atoms with Gasteiger partial charge in [0, 0.05) is 27.6 Å². The topological polar surface area (TPSA) is 42.0 Å². The standard InChI is InChI=1S/C14H14N2OS2/c17-14(16-11-3-4-11)10-1-5-13(6-2-10)19-8-12-7-18-9-15-12/h1-2,5-7,9,11H,3-4,8H2,(H,16,17). The summed E-state index contributed by atoms with van der Waals surface area (Å²) < 4.78 is 0. The summed E-state index contributed by atoms with van der Waals surface area (Å²) in [5.41, 5.74) is 3.69. The van der Waals surface area contributed by atoms with Crippen molar-refractivity contribution < 1.29 is 4.79 Å². The van der Waals surface area contributed by atoms with Crippen molar-refractivity contribution in [1.29, 1.82) is 0 Å². The molecule has 1 saturated carbocycles. The number of thiazole rings is 1. The maximum absolute atomic E-state index is 11.8. The van der Waals surface area contributed by atoms with Crippen LogP contribution in [0.15, 0.2) is 40.1 Å². The number of carbonyl (C=O) groups is 1. The lowest BCUT2D eigenvalue weighted by molar-refractivity contribution is 0.0951. The second kappa shape index (κ2) is 5.75. The van der Waals surface area contributed by atoms with E-state index in [0.29, 0.717) is 6.04 Å². The van der Waals surface area contributed by atoms with E-state index >= 15 is 0 Å². The summed E-state index contributed by atoms with van der Waals surface area (Å²) in [6.07, 6.45) is 2.24. The van der Waals surface area contributed by atoms with Crippen molar-refractivity contribution in [3.63, 3.8) is 0 Å². The van der Waals surface area contributed by atoms with Crippen molar-refractivity contribution in [2.45, 2.75) is 29.5 Å². The molecule has 0 spiro atoms. The Bertz CT molecular complexity index is 547. The second-order valence-electron chi connectivity index (χ2n) is 4.54. The highest BCUT2D eigenvalue weighted by molar-refractivity contribution is 7.98. The summed E-state index contributed by atoms with van der Waals surface area (Å²) in [4.78, 5) is 17.2. The Morgan fingerprint density at radius 2 is 2.16 bits per heavy atom. The van der Waals surface area contributed by atoms with Crippen molar-refractivity contribution in [3.05, 3.63) is 46.4 Å². The Balaban J connectivity index is 1.57. The van der Waals surface area contributed by atoms with Crippen LogP contribution in [0, 0.1) is 0 Å². The minimum atomic E-state index is 0.0403. The van der Waals surface area contributed by atoms with E-state index < -0.39 is 0 Å². The summed E-state index contributed by atoms with van der Waals surface area (Å²) in [5.74, 6) is 0.912. The zero-order valence-corrected chi connectivity index (χ0v) is 12.0. The fourth-order valence-corrected chi connectivity index (χ4v) is 3.13. The Morgan fingerprint density at radius 1 is 1.37 bits per heavy atom. The van der Waals surface area contributed by atoms with Crippen molar-refractivity contribution in [2.24, 2.45) is 0 Å². The second-order valence-corrected chi connectivity index (χ2v) is 6.31. The number of nitrogens with zero attached hydrogens (tertiary/aromatic N) is 1. The zero-order chi connectivity index (χ0) is 13.1. The number of aromatic nitrogens is 1. The lowest BCUT2D eigenvalue weighted by Gasteiger charge is -2.04. The Hall–Kier alpha value is -1.33. The average Bonchev–Trinajstić information content (AvgIpc) is 3.09. The van der Waals surface area contributed by atoms with Gasteiger partial charge in [0.15, 0.2) is 0 Å². The molecule has 1 aliphatic carbocycles. The van der Waals surface area contributed by atoms with Crippen LogP contribution in [0.3, 0.4) is 0 Å². The van der Waals surface area contributed by atoms with Gasteiger partial charge in [-0.2, -0.15) is 0 Å². The van der Waals surface area contributed by atoms with Gasteiger partial charge < -0.3 is 5.32 Å². The summed E-state index contributed by atoms with van der Waals surface area (Å²) in [5, 5.41) is 5.05. The number of carbonyl (C=O) groups excluding carboxylic acids is 1. The van der Waals surface area contributed by atoms with Crippen molar-refractivity contribution in [1.82, 2.24) is 10.3 Å². The summed E-state index contributed by atoms with van der Waals surface area (Å²) in [6, 6.07) is 8.19. The maximum atomic E-state index is 11.8. The van der Waals surface area contributed by atoms with Crippen LogP contribution in [-0.4, -0.2) is 16.9 Å². The summed E-state index contributed by atoms with van der Waals surface area (Å²) >= 11 is 3.35. The minimum Gasteiger partial charge on any atom is -0.349 e. The van der Waals surface area contributed by atoms with E-state index in [2.05, 4.69) is 15.7 Å². The SMILES string of the molecule is O=C(NC1CC1)c1ccc(SCc2cscn2)cc1. The highest BCUT2D eigenvalue weighted by Crippen LogP contribution is 2.23. The number of hydrogen-bond donors (Lipinski definition) is 1. The first-order chi connectivity index (χ1) is 9.31. The van der Waals surface area contributed by atoms with Gasteiger partial charge in [0.1, 0.15) is 0 Å². The van der Waals surface area contributed by atoms with Crippen LogP contribution in [-0.2, 0) is 5.75 Å². The molecule has 1 aliphatic rings. The number of thioether (sulfide) groups is 1. The lowest BCUT2D eigenvalue weighted by atomic mass is 10.2. The molecule has 1 fully saturated rings. The zero-order valence-electron chi connectivity index (χ0n) is 10.3. The monoisotopic (exact) mass is 290 g/mol. The number of rotatable bonds is 5. The molecule has 1 N–H and O–H groups in total. The van der Waals surface area contributed by atoms with Crippen molar-refractivity contribution in [2.75, 3.05) is 0 Å². The molecule has 0 atom stereocenters. The minimum absolute atomic E-state index is 0.0403. The molecule has 0 bridgehead atoms. The van der Waals surface area contributed by atoms with E-state index in [1.54, 1.807) is 23.1 Å². The lowest BCUT2D eigenvalue weighted by Crippen LogP contribution is -2.25. The van der Waals surface area contributed by atoms with E-state index in [0.717, 1.165) is 34.7 Å². The van der Waals surface area contributed by atoms with Crippen LogP contribution in [0.1, 0.15) is 28.9 Å². The third-order valence-electron chi connectivity index (χ3n) is 2.90. The fourth-order valence-electron chi connectivity index (χ4n) is 1.67. The molecule has 3 nitrogen and oxygen atoms in total. The first-order valence-electron chi connectivity index (χ1n) is 6.22. The predicted octanol–water partition coefficient (Wildman–Crippen LogP) is 3.33. The molecule has 1 heterocycles. The molecule has 98 valence electrons. The van der Waals surface area contributed by atoms with Gasteiger partial charge in [-0.15, -0.1) is 23.1 Å². The quantitative estimate of drug-likeness (QED) is 0.859. The Labute approximate surface area is 120 Å². The van der Waals surface area contributed by atoms with E-state index in [9.17, 15) is 4.79 Å². The van der Waals surface area contributed by atoms with Gasteiger partial charge in [-0.3, -0.25) is 4.79 Å². The molecule has 19 heavy (non-hydrogen) atoms. The fraction of sp³-hybridized carbons (Fsp3) is 0.286. The molecule has 0 unspecified atom stereocenters. The molecular formula is C14H14N2OS2. The number of amides is 1. The predicted molar refractivity (Wildman–Crippen MR) is 78.6 cm³/mol. The number of benzene rings is 1. The molecule has 1 aromatic heterocycles. The average molecular weight is 290 g/mol. The van der Waals surface area contributed by atoms with Crippen molar-refractivity contribution in [3.8, 4) is 0 Å². The number of hydrogen-bond acceptors (Lipinski definition) is 4. The van der Waals surface area contributed by atoms with Crippen LogP contribution < -0.4 is 5.32 Å². The van der Waals surface area contributed by atoms with E-state index in [-0.39, 0.29) is 5.91 Å². The first-order valence-corrected chi connectivity index (χ1v) is 8.15. The van der Waals surface area contributed by atoms with Gasteiger partial charge in [-0.1, -0.05) is 0 Å². The van der Waals surface area contributed by atoms with Gasteiger partial charge in [0.2, 0.25) is 0 Å².